The van der Waals surface area contributed by atoms with Crippen LogP contribution in [0.5, 0.6) is 0 Å². The summed E-state index contributed by atoms with van der Waals surface area (Å²) in [6.07, 6.45) is 0.998. The molecule has 0 aliphatic heterocycles. The lowest BCUT2D eigenvalue weighted by molar-refractivity contribution is 0.490. The predicted octanol–water partition coefficient (Wildman–Crippen LogP) is 1.24. The quantitative estimate of drug-likeness (QED) is 0.736. The molecule has 1 rings (SSSR count). The van der Waals surface area contributed by atoms with Gasteiger partial charge >= 0.3 is 0 Å². The smallest absolute Gasteiger partial charge is 0.0596 e. The number of rotatable bonds is 3. The molecule has 0 aromatic carbocycles. The summed E-state index contributed by atoms with van der Waals surface area (Å²) >= 11 is 0. The highest BCUT2D eigenvalue weighted by atomic mass is 15.3. The van der Waals surface area contributed by atoms with E-state index in [1.54, 1.807) is 0 Å². The monoisotopic (exact) mass is 167 g/mol. The molecule has 1 unspecified atom stereocenters. The lowest BCUT2D eigenvalue weighted by atomic mass is 10.2. The Morgan fingerprint density at radius 2 is 2.25 bits per heavy atom. The third-order valence-corrected chi connectivity index (χ3v) is 2.04. The van der Waals surface area contributed by atoms with Crippen molar-refractivity contribution in [3.63, 3.8) is 0 Å². The molecular formula is C9H17N3. The van der Waals surface area contributed by atoms with E-state index in [1.165, 1.54) is 5.69 Å². The second-order valence-corrected chi connectivity index (χ2v) is 3.28. The summed E-state index contributed by atoms with van der Waals surface area (Å²) in [6, 6.07) is 2.30. The summed E-state index contributed by atoms with van der Waals surface area (Å²) in [5.74, 6) is 0. The Morgan fingerprint density at radius 3 is 2.67 bits per heavy atom. The fourth-order valence-corrected chi connectivity index (χ4v) is 1.21. The molecule has 0 radical (unpaired) electrons. The summed E-state index contributed by atoms with van der Waals surface area (Å²) < 4.78 is 1.98. The minimum atomic E-state index is 0.225. The number of hydrogen-bond acceptors (Lipinski definition) is 2. The Morgan fingerprint density at radius 1 is 1.58 bits per heavy atom. The van der Waals surface area contributed by atoms with Crippen molar-refractivity contribution in [3.8, 4) is 0 Å². The molecule has 0 fully saturated rings. The third-order valence-electron chi connectivity index (χ3n) is 2.04. The molecule has 1 heterocycles. The van der Waals surface area contributed by atoms with E-state index in [9.17, 15) is 0 Å². The van der Waals surface area contributed by atoms with E-state index in [4.69, 9.17) is 5.73 Å². The molecule has 0 aliphatic carbocycles. The average molecular weight is 167 g/mol. The third kappa shape index (κ3) is 2.08. The van der Waals surface area contributed by atoms with E-state index < -0.39 is 0 Å². The van der Waals surface area contributed by atoms with Crippen molar-refractivity contribution in [1.29, 1.82) is 0 Å². The molecule has 2 N–H and O–H groups in total. The van der Waals surface area contributed by atoms with Crippen molar-refractivity contribution in [2.45, 2.75) is 39.8 Å². The zero-order chi connectivity index (χ0) is 9.14. The standard InChI is InChI=1S/C9H17N3/c1-4-9(10)6-12-8(3)5-7(2)11-12/h5,9H,4,6,10H2,1-3H3. The van der Waals surface area contributed by atoms with E-state index in [0.717, 1.165) is 18.7 Å². The van der Waals surface area contributed by atoms with Gasteiger partial charge in [0.2, 0.25) is 0 Å². The second-order valence-electron chi connectivity index (χ2n) is 3.28. The average Bonchev–Trinajstić information content (AvgIpc) is 2.30. The van der Waals surface area contributed by atoms with E-state index in [0.29, 0.717) is 0 Å². The van der Waals surface area contributed by atoms with E-state index in [1.807, 2.05) is 11.6 Å². The van der Waals surface area contributed by atoms with Gasteiger partial charge in [0.25, 0.3) is 0 Å². The molecule has 0 bridgehead atoms. The Hall–Kier alpha value is -0.830. The molecule has 68 valence electrons. The topological polar surface area (TPSA) is 43.8 Å². The molecule has 3 heteroatoms. The van der Waals surface area contributed by atoms with Gasteiger partial charge in [-0.3, -0.25) is 4.68 Å². The summed E-state index contributed by atoms with van der Waals surface area (Å²) in [5, 5.41) is 4.33. The highest BCUT2D eigenvalue weighted by Crippen LogP contribution is 2.02. The van der Waals surface area contributed by atoms with Gasteiger partial charge in [-0.2, -0.15) is 5.10 Å². The van der Waals surface area contributed by atoms with Crippen LogP contribution in [0.1, 0.15) is 24.7 Å². The van der Waals surface area contributed by atoms with Crippen LogP contribution in [0.2, 0.25) is 0 Å². The van der Waals surface area contributed by atoms with E-state index >= 15 is 0 Å². The summed E-state index contributed by atoms with van der Waals surface area (Å²) in [7, 11) is 0. The molecule has 12 heavy (non-hydrogen) atoms. The number of nitrogens with two attached hydrogens (primary N) is 1. The normalized spacial score (nSPS) is 13.3. The van der Waals surface area contributed by atoms with Crippen LogP contribution in [0, 0.1) is 13.8 Å². The molecule has 0 spiro atoms. The Bertz CT molecular complexity index is 252. The van der Waals surface area contributed by atoms with Crippen molar-refractivity contribution >= 4 is 0 Å². The van der Waals surface area contributed by atoms with Gasteiger partial charge in [-0.05, 0) is 26.3 Å². The van der Waals surface area contributed by atoms with Gasteiger partial charge < -0.3 is 5.73 Å². The molecule has 0 saturated carbocycles. The molecule has 0 aliphatic rings. The maximum Gasteiger partial charge on any atom is 0.0596 e. The maximum absolute atomic E-state index is 5.82. The highest BCUT2D eigenvalue weighted by molar-refractivity contribution is 5.06. The number of aryl methyl sites for hydroxylation is 2. The number of aromatic nitrogens is 2. The summed E-state index contributed by atoms with van der Waals surface area (Å²) in [4.78, 5) is 0. The van der Waals surface area contributed by atoms with E-state index in [-0.39, 0.29) is 6.04 Å². The van der Waals surface area contributed by atoms with Crippen LogP contribution in [0.3, 0.4) is 0 Å². The van der Waals surface area contributed by atoms with Crippen LogP contribution in [0.25, 0.3) is 0 Å². The van der Waals surface area contributed by atoms with E-state index in [2.05, 4.69) is 25.0 Å². The fraction of sp³-hybridized carbons (Fsp3) is 0.667. The predicted molar refractivity (Wildman–Crippen MR) is 50.0 cm³/mol. The van der Waals surface area contributed by atoms with Crippen molar-refractivity contribution in [3.05, 3.63) is 17.5 Å². The first-order valence-electron chi connectivity index (χ1n) is 4.40. The first-order valence-corrected chi connectivity index (χ1v) is 4.40. The van der Waals surface area contributed by atoms with Crippen LogP contribution in [-0.4, -0.2) is 15.8 Å². The zero-order valence-corrected chi connectivity index (χ0v) is 8.04. The van der Waals surface area contributed by atoms with Gasteiger partial charge in [-0.15, -0.1) is 0 Å². The molecule has 1 aromatic heterocycles. The van der Waals surface area contributed by atoms with Gasteiger partial charge in [-0.1, -0.05) is 6.92 Å². The maximum atomic E-state index is 5.82. The van der Waals surface area contributed by atoms with Gasteiger partial charge in [0.15, 0.2) is 0 Å². The SMILES string of the molecule is CCC(N)Cn1nc(C)cc1C. The molecule has 1 aromatic rings. The lowest BCUT2D eigenvalue weighted by Crippen LogP contribution is -2.26. The summed E-state index contributed by atoms with van der Waals surface area (Å²) in [5.41, 5.74) is 8.08. The largest absolute Gasteiger partial charge is 0.326 e. The van der Waals surface area contributed by atoms with Crippen molar-refractivity contribution in [2.75, 3.05) is 0 Å². The molecule has 0 saturated heterocycles. The number of nitrogens with zero attached hydrogens (tertiary/aromatic N) is 2. The van der Waals surface area contributed by atoms with Gasteiger partial charge in [-0.25, -0.2) is 0 Å². The van der Waals surface area contributed by atoms with Crippen LogP contribution in [-0.2, 0) is 6.54 Å². The Labute approximate surface area is 73.6 Å². The van der Waals surface area contributed by atoms with Crippen molar-refractivity contribution < 1.29 is 0 Å². The lowest BCUT2D eigenvalue weighted by Gasteiger charge is -2.09. The van der Waals surface area contributed by atoms with Gasteiger partial charge in [0, 0.05) is 11.7 Å². The summed E-state index contributed by atoms with van der Waals surface area (Å²) in [6.45, 7) is 6.98. The van der Waals surface area contributed by atoms with Crippen molar-refractivity contribution in [2.24, 2.45) is 5.73 Å². The van der Waals surface area contributed by atoms with Crippen LogP contribution < -0.4 is 5.73 Å². The van der Waals surface area contributed by atoms with Gasteiger partial charge in [0.05, 0.1) is 12.2 Å². The second kappa shape index (κ2) is 3.72. The first kappa shape index (κ1) is 9.26. The fourth-order valence-electron chi connectivity index (χ4n) is 1.21. The first-order chi connectivity index (χ1) is 5.63. The molecule has 1 atom stereocenters. The molecule has 0 amide bonds. The molecule has 3 nitrogen and oxygen atoms in total. The Balaban J connectivity index is 2.68. The number of hydrogen-bond donors (Lipinski definition) is 1. The van der Waals surface area contributed by atoms with Gasteiger partial charge in [0.1, 0.15) is 0 Å². The van der Waals surface area contributed by atoms with Crippen LogP contribution >= 0.6 is 0 Å². The zero-order valence-electron chi connectivity index (χ0n) is 8.04. The van der Waals surface area contributed by atoms with Crippen molar-refractivity contribution in [1.82, 2.24) is 9.78 Å². The molecular weight excluding hydrogens is 150 g/mol. The van der Waals surface area contributed by atoms with Crippen LogP contribution in [0.15, 0.2) is 6.07 Å². The minimum Gasteiger partial charge on any atom is -0.326 e. The Kier molecular flexibility index (Phi) is 2.87. The minimum absolute atomic E-state index is 0.225. The van der Waals surface area contributed by atoms with Crippen LogP contribution in [0.4, 0.5) is 0 Å². The highest BCUT2D eigenvalue weighted by Gasteiger charge is 2.04.